The fourth-order valence-electron chi connectivity index (χ4n) is 3.17. The van der Waals surface area contributed by atoms with Crippen LogP contribution in [0.3, 0.4) is 0 Å². The maximum Gasteiger partial charge on any atom is 0.0604 e. The summed E-state index contributed by atoms with van der Waals surface area (Å²) in [5.41, 5.74) is 0.520. The van der Waals surface area contributed by atoms with Gasteiger partial charge in [0.15, 0.2) is 0 Å². The van der Waals surface area contributed by atoms with Crippen molar-refractivity contribution in [2.75, 3.05) is 6.54 Å². The van der Waals surface area contributed by atoms with Gasteiger partial charge in [0.05, 0.1) is 12.6 Å². The monoisotopic (exact) mass is 218 g/mol. The Bertz CT molecular complexity index is 344. The minimum absolute atomic E-state index is 0.206. The fourth-order valence-corrected chi connectivity index (χ4v) is 3.17. The lowest BCUT2D eigenvalue weighted by molar-refractivity contribution is 0.0919. The summed E-state index contributed by atoms with van der Waals surface area (Å²) in [5, 5.41) is 0. The molecule has 1 aliphatic rings. The van der Waals surface area contributed by atoms with E-state index >= 15 is 0 Å². The van der Waals surface area contributed by atoms with Crippen LogP contribution in [0, 0.1) is 10.8 Å². The second-order valence-corrected chi connectivity index (χ2v) is 5.98. The fraction of sp³-hybridized carbons (Fsp3) is 0.714. The molecule has 1 fully saturated rings. The lowest BCUT2D eigenvalue weighted by atomic mass is 9.63. The zero-order chi connectivity index (χ0) is 12.2. The first-order valence-corrected chi connectivity index (χ1v) is 5.81. The summed E-state index contributed by atoms with van der Waals surface area (Å²) in [5.74, 6) is 5.32. The zero-order valence-electron chi connectivity index (χ0n) is 10.7. The first-order chi connectivity index (χ1) is 7.41. The first-order valence-electron chi connectivity index (χ1n) is 5.81. The van der Waals surface area contributed by atoms with Crippen LogP contribution < -0.4 is 0 Å². The van der Waals surface area contributed by atoms with Gasteiger partial charge in [-0.1, -0.05) is 20.8 Å². The molecule has 1 aliphatic carbocycles. The number of nitrogens with zero attached hydrogens (tertiary/aromatic N) is 2. The minimum atomic E-state index is 0.206. The predicted molar refractivity (Wildman–Crippen MR) is 70.5 cm³/mol. The summed E-state index contributed by atoms with van der Waals surface area (Å²) >= 11 is 0. The van der Waals surface area contributed by atoms with Gasteiger partial charge in [0, 0.05) is 0 Å². The lowest BCUT2D eigenvalue weighted by Gasteiger charge is -2.44. The molecule has 2 nitrogen and oxygen atoms in total. The summed E-state index contributed by atoms with van der Waals surface area (Å²) in [6.45, 7) is 14.8. The maximum atomic E-state index is 4.34. The molecule has 16 heavy (non-hydrogen) atoms. The van der Waals surface area contributed by atoms with Gasteiger partial charge in [-0.25, -0.2) is 9.98 Å². The SMILES string of the molecule is C=C=NCC1(C)CC(N=C=C)CC(C)(C)C1. The highest BCUT2D eigenvalue weighted by Gasteiger charge is 2.40. The van der Waals surface area contributed by atoms with E-state index in [2.05, 4.69) is 55.7 Å². The van der Waals surface area contributed by atoms with Crippen molar-refractivity contribution in [3.63, 3.8) is 0 Å². The van der Waals surface area contributed by atoms with Crippen molar-refractivity contribution >= 4 is 11.7 Å². The largest absolute Gasteiger partial charge is 0.243 e. The number of hydrogen-bond acceptors (Lipinski definition) is 2. The van der Waals surface area contributed by atoms with Crippen LogP contribution in [-0.2, 0) is 0 Å². The molecule has 0 aromatic heterocycles. The van der Waals surface area contributed by atoms with Crippen LogP contribution in [0.1, 0.15) is 40.0 Å². The van der Waals surface area contributed by atoms with Crippen molar-refractivity contribution in [2.45, 2.75) is 46.1 Å². The van der Waals surface area contributed by atoms with E-state index in [4.69, 9.17) is 0 Å². The van der Waals surface area contributed by atoms with Gasteiger partial charge in [0.25, 0.3) is 0 Å². The number of rotatable bonds is 3. The second kappa shape index (κ2) is 4.82. The van der Waals surface area contributed by atoms with Crippen LogP contribution in [0.2, 0.25) is 0 Å². The Kier molecular flexibility index (Phi) is 3.91. The normalized spacial score (nSPS) is 32.3. The predicted octanol–water partition coefficient (Wildman–Crippen LogP) is 3.28. The molecule has 2 heteroatoms. The average molecular weight is 218 g/mol. The van der Waals surface area contributed by atoms with Gasteiger partial charge in [-0.2, -0.15) is 0 Å². The zero-order valence-corrected chi connectivity index (χ0v) is 10.7. The Hall–Kier alpha value is -1.10. The third kappa shape index (κ3) is 3.48. The van der Waals surface area contributed by atoms with Crippen LogP contribution in [0.25, 0.3) is 0 Å². The van der Waals surface area contributed by atoms with Crippen LogP contribution in [0.5, 0.6) is 0 Å². The van der Waals surface area contributed by atoms with Gasteiger partial charge >= 0.3 is 0 Å². The molecule has 0 amide bonds. The van der Waals surface area contributed by atoms with Crippen LogP contribution in [-0.4, -0.2) is 24.3 Å². The molecule has 0 N–H and O–H groups in total. The van der Waals surface area contributed by atoms with Gasteiger partial charge in [-0.3, -0.25) is 0 Å². The van der Waals surface area contributed by atoms with Crippen molar-refractivity contribution in [2.24, 2.45) is 20.8 Å². The molecular formula is C14H22N2. The van der Waals surface area contributed by atoms with Gasteiger partial charge in [0.1, 0.15) is 0 Å². The quantitative estimate of drug-likeness (QED) is 0.649. The molecule has 1 saturated carbocycles. The Morgan fingerprint density at radius 2 is 1.88 bits per heavy atom. The molecule has 0 bridgehead atoms. The summed E-state index contributed by atoms with van der Waals surface area (Å²) in [4.78, 5) is 8.53. The highest BCUT2D eigenvalue weighted by molar-refractivity contribution is 5.47. The molecule has 1 rings (SSSR count). The summed E-state index contributed by atoms with van der Waals surface area (Å²) in [6, 6.07) is 0.339. The Morgan fingerprint density at radius 1 is 1.19 bits per heavy atom. The molecular weight excluding hydrogens is 196 g/mol. The molecule has 0 aliphatic heterocycles. The third-order valence-electron chi connectivity index (χ3n) is 3.27. The van der Waals surface area contributed by atoms with Crippen LogP contribution in [0.4, 0.5) is 0 Å². The van der Waals surface area contributed by atoms with Crippen molar-refractivity contribution in [3.05, 3.63) is 13.2 Å². The van der Waals surface area contributed by atoms with Crippen molar-refractivity contribution in [3.8, 4) is 0 Å². The minimum Gasteiger partial charge on any atom is -0.243 e. The Morgan fingerprint density at radius 3 is 2.44 bits per heavy atom. The molecule has 2 atom stereocenters. The highest BCUT2D eigenvalue weighted by Crippen LogP contribution is 2.47. The number of hydrogen-bond donors (Lipinski definition) is 0. The smallest absolute Gasteiger partial charge is 0.0604 e. The molecule has 0 heterocycles. The van der Waals surface area contributed by atoms with E-state index in [9.17, 15) is 0 Å². The van der Waals surface area contributed by atoms with E-state index in [1.165, 1.54) is 6.42 Å². The summed E-state index contributed by atoms with van der Waals surface area (Å²) < 4.78 is 0. The Labute approximate surface area is 98.9 Å². The lowest BCUT2D eigenvalue weighted by Crippen LogP contribution is -2.39. The van der Waals surface area contributed by atoms with E-state index in [1.807, 2.05) is 0 Å². The van der Waals surface area contributed by atoms with Crippen LogP contribution in [0.15, 0.2) is 23.1 Å². The van der Waals surface area contributed by atoms with Gasteiger partial charge in [-0.05, 0) is 55.0 Å². The Balaban J connectivity index is 2.85. The average Bonchev–Trinajstić information content (AvgIpc) is 2.12. The van der Waals surface area contributed by atoms with Crippen molar-refractivity contribution in [1.82, 2.24) is 0 Å². The summed E-state index contributed by atoms with van der Waals surface area (Å²) in [6.07, 6.45) is 3.35. The van der Waals surface area contributed by atoms with E-state index < -0.39 is 0 Å². The molecule has 0 spiro atoms. The maximum absolute atomic E-state index is 4.34. The van der Waals surface area contributed by atoms with Crippen molar-refractivity contribution in [1.29, 1.82) is 0 Å². The van der Waals surface area contributed by atoms with E-state index in [1.54, 1.807) is 0 Å². The molecule has 88 valence electrons. The summed E-state index contributed by atoms with van der Waals surface area (Å²) in [7, 11) is 0. The standard InChI is InChI=1S/C14H22N2/c1-6-15-11-14(5)9-12(16-7-2)8-13(3,4)10-14/h12H,1-2,8-11H2,3-5H3. The van der Waals surface area contributed by atoms with E-state index in [0.717, 1.165) is 19.4 Å². The third-order valence-corrected chi connectivity index (χ3v) is 3.27. The van der Waals surface area contributed by atoms with Gasteiger partial charge in [0.2, 0.25) is 0 Å². The number of aliphatic imine (C=N–C) groups is 2. The van der Waals surface area contributed by atoms with Crippen LogP contribution >= 0.6 is 0 Å². The van der Waals surface area contributed by atoms with E-state index in [-0.39, 0.29) is 5.41 Å². The molecule has 2 unspecified atom stereocenters. The molecule has 0 aromatic rings. The molecule has 0 aromatic carbocycles. The van der Waals surface area contributed by atoms with Gasteiger partial charge < -0.3 is 0 Å². The highest BCUT2D eigenvalue weighted by atomic mass is 14.8. The second-order valence-electron chi connectivity index (χ2n) is 5.98. The van der Waals surface area contributed by atoms with Gasteiger partial charge in [-0.15, -0.1) is 0 Å². The van der Waals surface area contributed by atoms with Crippen molar-refractivity contribution < 1.29 is 0 Å². The molecule has 0 saturated heterocycles. The molecule has 0 radical (unpaired) electrons. The van der Waals surface area contributed by atoms with E-state index in [0.29, 0.717) is 11.5 Å². The topological polar surface area (TPSA) is 24.7 Å². The first kappa shape index (κ1) is 13.0.